The van der Waals surface area contributed by atoms with Crippen molar-refractivity contribution in [3.8, 4) is 0 Å². The first kappa shape index (κ1) is 15.7. The molecule has 0 radical (unpaired) electrons. The van der Waals surface area contributed by atoms with Gasteiger partial charge in [-0.05, 0) is 39.0 Å². The molecule has 3 aromatic heterocycles. The molecule has 2 aliphatic heterocycles. The molecule has 2 aliphatic rings. The van der Waals surface area contributed by atoms with Gasteiger partial charge in [0.15, 0.2) is 11.5 Å². The number of fused-ring (bicyclic) bond motifs is 2. The summed E-state index contributed by atoms with van der Waals surface area (Å²) in [5.74, 6) is 4.01. The van der Waals surface area contributed by atoms with Crippen molar-refractivity contribution < 1.29 is 0 Å². The summed E-state index contributed by atoms with van der Waals surface area (Å²) in [6, 6.07) is 0.223. The van der Waals surface area contributed by atoms with Crippen molar-refractivity contribution in [1.29, 1.82) is 0 Å². The summed E-state index contributed by atoms with van der Waals surface area (Å²) in [5, 5.41) is 14.5. The lowest BCUT2D eigenvalue weighted by molar-refractivity contribution is 0.421. The van der Waals surface area contributed by atoms with E-state index in [1.807, 2.05) is 24.9 Å². The molecule has 3 aromatic rings. The van der Waals surface area contributed by atoms with E-state index in [-0.39, 0.29) is 6.04 Å². The van der Waals surface area contributed by atoms with Crippen molar-refractivity contribution in [3.05, 3.63) is 23.7 Å². The van der Waals surface area contributed by atoms with Gasteiger partial charge < -0.3 is 9.47 Å². The van der Waals surface area contributed by atoms with Gasteiger partial charge in [-0.25, -0.2) is 9.97 Å². The van der Waals surface area contributed by atoms with Gasteiger partial charge in [0, 0.05) is 26.6 Å². The molecule has 5 rings (SSSR count). The van der Waals surface area contributed by atoms with Crippen molar-refractivity contribution in [2.24, 2.45) is 7.05 Å². The highest BCUT2D eigenvalue weighted by Gasteiger charge is 2.32. The Balaban J connectivity index is 1.62. The molecule has 0 bridgehead atoms. The lowest BCUT2D eigenvalue weighted by Gasteiger charge is -2.36. The smallest absolute Gasteiger partial charge is 0.163 e. The van der Waals surface area contributed by atoms with Crippen molar-refractivity contribution >= 4 is 16.9 Å². The van der Waals surface area contributed by atoms with E-state index in [0.717, 1.165) is 60.3 Å². The zero-order chi connectivity index (χ0) is 17.7. The topological polar surface area (TPSA) is 77.5 Å². The van der Waals surface area contributed by atoms with Gasteiger partial charge in [-0.2, -0.15) is 5.10 Å². The van der Waals surface area contributed by atoms with E-state index >= 15 is 0 Å². The van der Waals surface area contributed by atoms with Crippen LogP contribution in [0, 0.1) is 6.92 Å². The minimum absolute atomic E-state index is 0.223. The summed E-state index contributed by atoms with van der Waals surface area (Å²) < 4.78 is 4.17. The van der Waals surface area contributed by atoms with Gasteiger partial charge in [0.05, 0.1) is 17.6 Å². The lowest BCUT2D eigenvalue weighted by Crippen LogP contribution is -2.36. The fraction of sp³-hybridized carbons (Fsp3) is 0.611. The van der Waals surface area contributed by atoms with Crippen LogP contribution in [-0.4, -0.2) is 41.1 Å². The van der Waals surface area contributed by atoms with Gasteiger partial charge in [-0.1, -0.05) is 0 Å². The van der Waals surface area contributed by atoms with Crippen LogP contribution in [-0.2, 0) is 20.0 Å². The molecular formula is C18H24N8. The number of hydrogen-bond donors (Lipinski definition) is 0. The van der Waals surface area contributed by atoms with E-state index in [0.29, 0.717) is 0 Å². The van der Waals surface area contributed by atoms with Crippen molar-refractivity contribution in [2.45, 2.75) is 58.0 Å². The fourth-order valence-electron chi connectivity index (χ4n) is 4.36. The van der Waals surface area contributed by atoms with Crippen molar-refractivity contribution in [1.82, 2.24) is 34.5 Å². The van der Waals surface area contributed by atoms with Gasteiger partial charge in [0.25, 0.3) is 0 Å². The van der Waals surface area contributed by atoms with Crippen LogP contribution in [0.25, 0.3) is 11.0 Å². The number of anilines is 1. The molecule has 1 unspecified atom stereocenters. The van der Waals surface area contributed by atoms with Crippen molar-refractivity contribution in [2.75, 3.05) is 11.4 Å². The maximum absolute atomic E-state index is 4.81. The highest BCUT2D eigenvalue weighted by atomic mass is 15.3. The van der Waals surface area contributed by atoms with Crippen LogP contribution < -0.4 is 4.90 Å². The molecule has 0 amide bonds. The Bertz CT molecular complexity index is 956. The van der Waals surface area contributed by atoms with E-state index in [1.54, 1.807) is 0 Å². The van der Waals surface area contributed by atoms with Crippen molar-refractivity contribution in [3.63, 3.8) is 0 Å². The molecule has 136 valence electrons. The first-order chi connectivity index (χ1) is 12.7. The normalized spacial score (nSPS) is 20.5. The minimum atomic E-state index is 0.223. The van der Waals surface area contributed by atoms with Gasteiger partial charge in [0.2, 0.25) is 0 Å². The van der Waals surface area contributed by atoms with Crippen LogP contribution in [0.4, 0.5) is 5.82 Å². The number of hydrogen-bond acceptors (Lipinski definition) is 6. The van der Waals surface area contributed by atoms with Crippen LogP contribution in [0.15, 0.2) is 6.20 Å². The van der Waals surface area contributed by atoms with Crippen LogP contribution in [0.1, 0.15) is 55.6 Å². The van der Waals surface area contributed by atoms with Gasteiger partial charge in [-0.15, -0.1) is 10.2 Å². The van der Waals surface area contributed by atoms with Gasteiger partial charge >= 0.3 is 0 Å². The molecule has 0 aromatic carbocycles. The van der Waals surface area contributed by atoms with Gasteiger partial charge in [0.1, 0.15) is 17.5 Å². The Morgan fingerprint density at radius 1 is 1.04 bits per heavy atom. The Morgan fingerprint density at radius 2 is 1.92 bits per heavy atom. The predicted molar refractivity (Wildman–Crippen MR) is 97.9 cm³/mol. The van der Waals surface area contributed by atoms with E-state index in [9.17, 15) is 0 Å². The molecule has 5 heterocycles. The summed E-state index contributed by atoms with van der Waals surface area (Å²) in [6.45, 7) is 3.97. The fourth-order valence-corrected chi connectivity index (χ4v) is 4.36. The second kappa shape index (κ2) is 6.03. The Kier molecular flexibility index (Phi) is 3.65. The largest absolute Gasteiger partial charge is 0.346 e. The first-order valence-corrected chi connectivity index (χ1v) is 9.57. The first-order valence-electron chi connectivity index (χ1n) is 9.57. The molecular weight excluding hydrogens is 328 g/mol. The molecule has 0 aliphatic carbocycles. The maximum Gasteiger partial charge on any atom is 0.163 e. The van der Waals surface area contributed by atoms with Gasteiger partial charge in [-0.3, -0.25) is 4.68 Å². The molecule has 1 saturated heterocycles. The zero-order valence-electron chi connectivity index (χ0n) is 15.4. The molecule has 26 heavy (non-hydrogen) atoms. The van der Waals surface area contributed by atoms with Crippen LogP contribution >= 0.6 is 0 Å². The predicted octanol–water partition coefficient (Wildman–Crippen LogP) is 2.33. The molecule has 0 N–H and O–H groups in total. The highest BCUT2D eigenvalue weighted by molar-refractivity contribution is 5.87. The number of piperidine rings is 1. The maximum atomic E-state index is 4.81. The van der Waals surface area contributed by atoms with Crippen LogP contribution in [0.2, 0.25) is 0 Å². The monoisotopic (exact) mass is 352 g/mol. The standard InChI is InChI=1S/C18H24N8/c1-12-20-16-13(11-19-24(16)2)17(21-12)25-9-5-3-7-14(25)18-23-22-15-8-4-6-10-26(15)18/h11,14H,3-10H2,1-2H3. The third-order valence-corrected chi connectivity index (χ3v) is 5.64. The third-order valence-electron chi connectivity index (χ3n) is 5.64. The van der Waals surface area contributed by atoms with Crippen LogP contribution in [0.5, 0.6) is 0 Å². The number of rotatable bonds is 2. The van der Waals surface area contributed by atoms with E-state index < -0.39 is 0 Å². The molecule has 0 spiro atoms. The summed E-state index contributed by atoms with van der Waals surface area (Å²) in [4.78, 5) is 11.8. The average molecular weight is 352 g/mol. The SMILES string of the molecule is Cc1nc(N2CCCCC2c2nnc3n2CCCC3)c2cnn(C)c2n1. The summed E-state index contributed by atoms with van der Waals surface area (Å²) >= 11 is 0. The number of aryl methyl sites for hydroxylation is 3. The molecule has 1 atom stereocenters. The highest BCUT2D eigenvalue weighted by Crippen LogP contribution is 2.37. The van der Waals surface area contributed by atoms with E-state index in [1.165, 1.54) is 25.7 Å². The number of nitrogens with zero attached hydrogens (tertiary/aromatic N) is 8. The molecule has 1 fully saturated rings. The Labute approximate surface area is 152 Å². The minimum Gasteiger partial charge on any atom is -0.346 e. The summed E-state index contributed by atoms with van der Waals surface area (Å²) in [7, 11) is 1.93. The third kappa shape index (κ3) is 2.39. The van der Waals surface area contributed by atoms with Crippen LogP contribution in [0.3, 0.4) is 0 Å². The molecule has 0 saturated carbocycles. The van der Waals surface area contributed by atoms with E-state index in [2.05, 4.69) is 29.7 Å². The molecule has 8 nitrogen and oxygen atoms in total. The Hall–Kier alpha value is -2.51. The second-order valence-corrected chi connectivity index (χ2v) is 7.39. The summed E-state index contributed by atoms with van der Waals surface area (Å²) in [5.41, 5.74) is 0.889. The Morgan fingerprint density at radius 3 is 2.85 bits per heavy atom. The molecule has 8 heteroatoms. The summed E-state index contributed by atoms with van der Waals surface area (Å²) in [6.07, 6.45) is 8.82. The lowest BCUT2D eigenvalue weighted by atomic mass is 10.0. The second-order valence-electron chi connectivity index (χ2n) is 7.39. The quantitative estimate of drug-likeness (QED) is 0.704. The average Bonchev–Trinajstić information content (AvgIpc) is 3.25. The zero-order valence-corrected chi connectivity index (χ0v) is 15.4. The van der Waals surface area contributed by atoms with E-state index in [4.69, 9.17) is 4.98 Å². The number of aromatic nitrogens is 7.